The highest BCUT2D eigenvalue weighted by atomic mass is 32.1. The maximum atomic E-state index is 8.99. The molecule has 1 aliphatic heterocycles. The number of benzene rings is 2. The molecule has 0 amide bonds. The predicted octanol–water partition coefficient (Wildman–Crippen LogP) is 6.33. The molecule has 1 saturated heterocycles. The molecule has 0 spiro atoms. The molecule has 7 heteroatoms. The first-order valence-corrected chi connectivity index (χ1v) is 13.8. The maximum Gasteiger partial charge on any atom is 0.173 e. The van der Waals surface area contributed by atoms with Crippen LogP contribution in [0, 0.1) is 24.2 Å². The van der Waals surface area contributed by atoms with E-state index in [0.717, 1.165) is 58.2 Å². The van der Waals surface area contributed by atoms with Crippen LogP contribution in [-0.2, 0) is 19.6 Å². The van der Waals surface area contributed by atoms with Crippen LogP contribution in [0.5, 0.6) is 5.75 Å². The van der Waals surface area contributed by atoms with Crippen LogP contribution in [-0.4, -0.2) is 37.2 Å². The fourth-order valence-corrected chi connectivity index (χ4v) is 5.50. The van der Waals surface area contributed by atoms with E-state index in [0.29, 0.717) is 11.5 Å². The summed E-state index contributed by atoms with van der Waals surface area (Å²) in [5.74, 6) is 1.54. The smallest absolute Gasteiger partial charge is 0.173 e. The van der Waals surface area contributed by atoms with E-state index in [4.69, 9.17) is 14.5 Å². The van der Waals surface area contributed by atoms with Crippen LogP contribution in [0.2, 0.25) is 0 Å². The molecule has 2 aromatic carbocycles. The first kappa shape index (κ1) is 26.9. The molecule has 1 N–H and O–H groups in total. The number of hydrogen-bond acceptors (Lipinski definition) is 7. The Hall–Kier alpha value is -3.18. The maximum absolute atomic E-state index is 8.99. The SMILES string of the molecule is CNC.Cc1c(OCc2ccc(C#N)s2)ccc2c(CCC3CCN(Cc4ccccc4)CC3)noc12. The molecular formula is C30H36N4O2S. The van der Waals surface area contributed by atoms with Gasteiger partial charge in [0.25, 0.3) is 0 Å². The summed E-state index contributed by atoms with van der Waals surface area (Å²) in [7, 11) is 3.75. The molecular weight excluding hydrogens is 480 g/mol. The Kier molecular flexibility index (Phi) is 9.72. The van der Waals surface area contributed by atoms with Gasteiger partial charge in [0.2, 0.25) is 0 Å². The number of nitrogens with one attached hydrogen (secondary N) is 1. The van der Waals surface area contributed by atoms with Crippen LogP contribution in [0.3, 0.4) is 0 Å². The van der Waals surface area contributed by atoms with Gasteiger partial charge in [0.1, 0.15) is 23.3 Å². The van der Waals surface area contributed by atoms with Gasteiger partial charge >= 0.3 is 0 Å². The van der Waals surface area contributed by atoms with Gasteiger partial charge in [-0.15, -0.1) is 11.3 Å². The van der Waals surface area contributed by atoms with Crippen molar-refractivity contribution in [2.75, 3.05) is 27.2 Å². The molecule has 194 valence electrons. The van der Waals surface area contributed by atoms with E-state index in [-0.39, 0.29) is 0 Å². The van der Waals surface area contributed by atoms with E-state index in [1.165, 1.54) is 42.8 Å². The lowest BCUT2D eigenvalue weighted by Crippen LogP contribution is -2.33. The van der Waals surface area contributed by atoms with Gasteiger partial charge in [-0.3, -0.25) is 4.90 Å². The topological polar surface area (TPSA) is 74.3 Å². The lowest BCUT2D eigenvalue weighted by molar-refractivity contribution is 0.172. The molecule has 1 fully saturated rings. The zero-order valence-electron chi connectivity index (χ0n) is 22.0. The second kappa shape index (κ2) is 13.4. The first-order chi connectivity index (χ1) is 18.1. The Labute approximate surface area is 223 Å². The molecule has 4 aromatic rings. The highest BCUT2D eigenvalue weighted by molar-refractivity contribution is 7.12. The highest BCUT2D eigenvalue weighted by Gasteiger charge is 2.21. The summed E-state index contributed by atoms with van der Waals surface area (Å²) in [5, 5.41) is 17.2. The van der Waals surface area contributed by atoms with Gasteiger partial charge in [-0.1, -0.05) is 35.5 Å². The zero-order valence-corrected chi connectivity index (χ0v) is 22.8. The van der Waals surface area contributed by atoms with Gasteiger partial charge in [-0.05, 0) is 95.5 Å². The van der Waals surface area contributed by atoms with Crippen LogP contribution >= 0.6 is 11.3 Å². The summed E-state index contributed by atoms with van der Waals surface area (Å²) < 4.78 is 11.8. The minimum atomic E-state index is 0.447. The second-order valence-electron chi connectivity index (χ2n) is 9.60. The number of nitriles is 1. The number of likely N-dealkylation sites (tertiary alicyclic amines) is 1. The van der Waals surface area contributed by atoms with Crippen molar-refractivity contribution in [3.8, 4) is 11.8 Å². The second-order valence-corrected chi connectivity index (χ2v) is 10.8. The van der Waals surface area contributed by atoms with Crippen molar-refractivity contribution in [3.63, 3.8) is 0 Å². The highest BCUT2D eigenvalue weighted by Crippen LogP contribution is 2.32. The number of rotatable bonds is 8. The number of fused-ring (bicyclic) bond motifs is 1. The Morgan fingerprint density at radius 1 is 1.11 bits per heavy atom. The molecule has 0 saturated carbocycles. The summed E-state index contributed by atoms with van der Waals surface area (Å²) in [6.07, 6.45) is 4.59. The van der Waals surface area contributed by atoms with Crippen LogP contribution in [0.15, 0.2) is 59.1 Å². The van der Waals surface area contributed by atoms with E-state index in [9.17, 15) is 0 Å². The average Bonchev–Trinajstić information content (AvgIpc) is 3.56. The number of ether oxygens (including phenoxy) is 1. The van der Waals surface area contributed by atoms with Crippen LogP contribution < -0.4 is 10.1 Å². The van der Waals surface area contributed by atoms with E-state index >= 15 is 0 Å². The first-order valence-electron chi connectivity index (χ1n) is 13.0. The van der Waals surface area contributed by atoms with Gasteiger partial charge in [0, 0.05) is 22.4 Å². The quantitative estimate of drug-likeness (QED) is 0.295. The standard InChI is InChI=1S/C28H29N3O2S.C2H7N/c1-20-27(32-19-24-9-8-23(17-29)34-24)12-10-25-26(30-33-28(20)25)11-7-21-13-15-31(16-14-21)18-22-5-3-2-4-6-22;1-3-2/h2-6,8-10,12,21H,7,11,13-16,18-19H2,1H3;3H,1-2H3. The van der Waals surface area contributed by atoms with Crippen molar-refractivity contribution in [1.82, 2.24) is 15.4 Å². The summed E-state index contributed by atoms with van der Waals surface area (Å²) >= 11 is 1.46. The molecule has 1 aliphatic rings. The van der Waals surface area contributed by atoms with Gasteiger partial charge < -0.3 is 14.6 Å². The molecule has 0 atom stereocenters. The largest absolute Gasteiger partial charge is 0.488 e. The molecule has 0 radical (unpaired) electrons. The average molecular weight is 517 g/mol. The zero-order chi connectivity index (χ0) is 26.0. The molecule has 6 nitrogen and oxygen atoms in total. The predicted molar refractivity (Wildman–Crippen MR) is 150 cm³/mol. The summed E-state index contributed by atoms with van der Waals surface area (Å²) in [6.45, 7) is 5.85. The molecule has 0 unspecified atom stereocenters. The van der Waals surface area contributed by atoms with Gasteiger partial charge in [0.05, 0.1) is 5.69 Å². The van der Waals surface area contributed by atoms with Crippen LogP contribution in [0.25, 0.3) is 11.0 Å². The molecule has 2 aromatic heterocycles. The van der Waals surface area contributed by atoms with Crippen LogP contribution in [0.4, 0.5) is 0 Å². The van der Waals surface area contributed by atoms with Crippen molar-refractivity contribution in [3.05, 3.63) is 81.2 Å². The summed E-state index contributed by atoms with van der Waals surface area (Å²) in [6, 6.07) is 20.8. The van der Waals surface area contributed by atoms with Gasteiger partial charge in [-0.2, -0.15) is 5.26 Å². The van der Waals surface area contributed by atoms with Crippen molar-refractivity contribution >= 4 is 22.3 Å². The van der Waals surface area contributed by atoms with E-state index < -0.39 is 0 Å². The number of hydrogen-bond donors (Lipinski definition) is 1. The number of piperidine rings is 1. The van der Waals surface area contributed by atoms with E-state index in [1.807, 2.05) is 39.2 Å². The van der Waals surface area contributed by atoms with Gasteiger partial charge in [0.15, 0.2) is 5.58 Å². The summed E-state index contributed by atoms with van der Waals surface area (Å²) in [4.78, 5) is 4.30. The number of aromatic nitrogens is 1. The monoisotopic (exact) mass is 516 g/mol. The molecule has 3 heterocycles. The Morgan fingerprint density at radius 2 is 1.86 bits per heavy atom. The fourth-order valence-electron chi connectivity index (χ4n) is 4.79. The Morgan fingerprint density at radius 3 is 2.57 bits per heavy atom. The molecule has 5 rings (SSSR count). The molecule has 0 aliphatic carbocycles. The van der Waals surface area contributed by atoms with Crippen molar-refractivity contribution in [1.29, 1.82) is 5.26 Å². The Balaban J connectivity index is 0.00000102. The fraction of sp³-hybridized carbons (Fsp3) is 0.400. The third-order valence-electron chi connectivity index (χ3n) is 6.80. The third-order valence-corrected chi connectivity index (χ3v) is 7.76. The van der Waals surface area contributed by atoms with Gasteiger partial charge in [-0.25, -0.2) is 0 Å². The normalized spacial score (nSPS) is 14.2. The van der Waals surface area contributed by atoms with Crippen LogP contribution in [0.1, 0.15) is 45.8 Å². The number of thiophene rings is 1. The summed E-state index contributed by atoms with van der Waals surface area (Å²) in [5.41, 5.74) is 4.24. The van der Waals surface area contributed by atoms with Crippen molar-refractivity contribution < 1.29 is 9.26 Å². The Bertz CT molecular complexity index is 1300. The van der Waals surface area contributed by atoms with Crippen molar-refractivity contribution in [2.24, 2.45) is 5.92 Å². The van der Waals surface area contributed by atoms with Crippen molar-refractivity contribution in [2.45, 2.75) is 45.8 Å². The minimum Gasteiger partial charge on any atom is -0.488 e. The molecule has 37 heavy (non-hydrogen) atoms. The van der Waals surface area contributed by atoms with E-state index in [1.54, 1.807) is 0 Å². The number of aryl methyl sites for hydroxylation is 2. The lowest BCUT2D eigenvalue weighted by atomic mass is 9.91. The third kappa shape index (κ3) is 7.20. The number of nitrogens with zero attached hydrogens (tertiary/aromatic N) is 3. The molecule has 0 bridgehead atoms. The van der Waals surface area contributed by atoms with E-state index in [2.05, 4.69) is 57.8 Å². The lowest BCUT2D eigenvalue weighted by Gasteiger charge is -2.31. The minimum absolute atomic E-state index is 0.447.